The number of hydrogen-bond donors (Lipinski definition) is 2. The van der Waals surface area contributed by atoms with Crippen LogP contribution in [0.15, 0.2) is 21.5 Å². The first-order valence-corrected chi connectivity index (χ1v) is 7.80. The van der Waals surface area contributed by atoms with Gasteiger partial charge in [0, 0.05) is 16.1 Å². The molecular formula is C10H12BrF2N3O4S. The van der Waals surface area contributed by atoms with E-state index in [1.54, 1.807) is 4.72 Å². The second kappa shape index (κ2) is 6.30. The summed E-state index contributed by atoms with van der Waals surface area (Å²) < 4.78 is 51.6. The minimum Gasteiger partial charge on any atom is -0.325 e. The Morgan fingerprint density at radius 1 is 1.48 bits per heavy atom. The zero-order chi connectivity index (χ0) is 16.4. The van der Waals surface area contributed by atoms with Crippen molar-refractivity contribution in [3.05, 3.63) is 32.3 Å². The van der Waals surface area contributed by atoms with E-state index >= 15 is 0 Å². The molecule has 1 rings (SSSR count). The number of hydrogen-bond acceptors (Lipinski definition) is 5. The number of nitrogens with one attached hydrogen (secondary N) is 1. The molecule has 1 aromatic carbocycles. The Labute approximate surface area is 127 Å². The number of benzene rings is 1. The van der Waals surface area contributed by atoms with Crippen LogP contribution in [0.5, 0.6) is 0 Å². The Morgan fingerprint density at radius 2 is 2.05 bits per heavy atom. The molecule has 0 fully saturated rings. The van der Waals surface area contributed by atoms with E-state index < -0.39 is 44.5 Å². The summed E-state index contributed by atoms with van der Waals surface area (Å²) in [5, 5.41) is 10.8. The lowest BCUT2D eigenvalue weighted by Gasteiger charge is -2.15. The van der Waals surface area contributed by atoms with Crippen molar-refractivity contribution in [2.45, 2.75) is 17.7 Å². The molecule has 0 atom stereocenters. The van der Waals surface area contributed by atoms with Crippen molar-refractivity contribution < 1.29 is 22.1 Å². The summed E-state index contributed by atoms with van der Waals surface area (Å²) in [6.45, 7) is -0.785. The van der Waals surface area contributed by atoms with Crippen LogP contribution in [0.2, 0.25) is 0 Å². The largest absolute Gasteiger partial charge is 0.325 e. The van der Waals surface area contributed by atoms with Crippen LogP contribution < -0.4 is 10.5 Å². The van der Waals surface area contributed by atoms with Gasteiger partial charge in [-0.05, 0) is 13.0 Å². The molecule has 0 unspecified atom stereocenters. The molecule has 0 aliphatic rings. The average molecular weight is 388 g/mol. The highest BCUT2D eigenvalue weighted by atomic mass is 79.9. The quantitative estimate of drug-likeness (QED) is 0.567. The van der Waals surface area contributed by atoms with Crippen LogP contribution in [0.1, 0.15) is 5.56 Å². The first-order valence-electron chi connectivity index (χ1n) is 5.52. The van der Waals surface area contributed by atoms with Crippen LogP contribution in [0, 0.1) is 17.0 Å². The van der Waals surface area contributed by atoms with Gasteiger partial charge in [-0.3, -0.25) is 10.1 Å². The molecule has 0 radical (unpaired) electrons. The second-order valence-electron chi connectivity index (χ2n) is 4.19. The molecule has 3 N–H and O–H groups in total. The molecule has 0 aromatic heterocycles. The molecular weight excluding hydrogens is 376 g/mol. The van der Waals surface area contributed by atoms with Crippen molar-refractivity contribution in [2.75, 3.05) is 13.1 Å². The van der Waals surface area contributed by atoms with Crippen molar-refractivity contribution in [1.82, 2.24) is 4.72 Å². The third-order valence-electron chi connectivity index (χ3n) is 2.62. The molecule has 0 aliphatic heterocycles. The maximum absolute atomic E-state index is 13.0. The highest BCUT2D eigenvalue weighted by Gasteiger charge is 2.30. The molecule has 1 aromatic rings. The Morgan fingerprint density at radius 3 is 2.52 bits per heavy atom. The van der Waals surface area contributed by atoms with Crippen LogP contribution >= 0.6 is 15.9 Å². The molecule has 118 valence electrons. The van der Waals surface area contributed by atoms with E-state index in [1.165, 1.54) is 6.92 Å². The molecule has 11 heteroatoms. The fourth-order valence-corrected chi connectivity index (χ4v) is 3.05. The van der Waals surface area contributed by atoms with Crippen molar-refractivity contribution in [2.24, 2.45) is 5.73 Å². The summed E-state index contributed by atoms with van der Waals surface area (Å²) in [4.78, 5) is 9.61. The fraction of sp³-hybridized carbons (Fsp3) is 0.400. The van der Waals surface area contributed by atoms with Gasteiger partial charge in [-0.25, -0.2) is 21.9 Å². The van der Waals surface area contributed by atoms with E-state index in [-0.39, 0.29) is 10.0 Å². The summed E-state index contributed by atoms with van der Waals surface area (Å²) in [7, 11) is -4.32. The maximum Gasteiger partial charge on any atom is 0.274 e. The van der Waals surface area contributed by atoms with Crippen LogP contribution in [0.3, 0.4) is 0 Å². The molecule has 21 heavy (non-hydrogen) atoms. The van der Waals surface area contributed by atoms with E-state index in [0.29, 0.717) is 0 Å². The lowest BCUT2D eigenvalue weighted by Crippen LogP contribution is -2.41. The SMILES string of the molecule is Cc1c(Br)cc(S(=O)(=O)NCC(F)(F)CN)cc1[N+](=O)[O-]. The highest BCUT2D eigenvalue weighted by molar-refractivity contribution is 9.10. The molecule has 0 spiro atoms. The predicted molar refractivity (Wildman–Crippen MR) is 74.7 cm³/mol. The predicted octanol–water partition coefficient (Wildman–Crippen LogP) is 1.54. The van der Waals surface area contributed by atoms with E-state index in [2.05, 4.69) is 15.9 Å². The van der Waals surface area contributed by atoms with E-state index in [4.69, 9.17) is 5.73 Å². The normalized spacial score (nSPS) is 12.4. The summed E-state index contributed by atoms with van der Waals surface area (Å²) in [6, 6.07) is 1.91. The van der Waals surface area contributed by atoms with Gasteiger partial charge in [0.05, 0.1) is 22.9 Å². The summed E-state index contributed by atoms with van der Waals surface area (Å²) in [5.41, 5.74) is 4.59. The molecule has 0 aliphatic carbocycles. The number of nitro benzene ring substituents is 1. The van der Waals surface area contributed by atoms with Gasteiger partial charge in [-0.15, -0.1) is 0 Å². The van der Waals surface area contributed by atoms with Gasteiger partial charge < -0.3 is 5.73 Å². The number of alkyl halides is 2. The minimum atomic E-state index is -4.32. The smallest absolute Gasteiger partial charge is 0.274 e. The highest BCUT2D eigenvalue weighted by Crippen LogP contribution is 2.29. The molecule has 0 amide bonds. The number of nitrogens with zero attached hydrogens (tertiary/aromatic N) is 1. The summed E-state index contributed by atoms with van der Waals surface area (Å²) in [5.74, 6) is -3.40. The third-order valence-corrected chi connectivity index (χ3v) is 4.82. The molecule has 0 heterocycles. The summed E-state index contributed by atoms with van der Waals surface area (Å²) >= 11 is 3.00. The van der Waals surface area contributed by atoms with Crippen molar-refractivity contribution in [3.63, 3.8) is 0 Å². The standard InChI is InChI=1S/C10H12BrF2N3O4S/c1-6-8(11)2-7(3-9(6)16(17)18)21(19,20)15-5-10(12,13)4-14/h2-3,15H,4-5,14H2,1H3. The Balaban J connectivity index is 3.18. The van der Waals surface area contributed by atoms with Crippen molar-refractivity contribution in [1.29, 1.82) is 0 Å². The van der Waals surface area contributed by atoms with Gasteiger partial charge >= 0.3 is 0 Å². The van der Waals surface area contributed by atoms with Crippen LogP contribution in [-0.4, -0.2) is 32.4 Å². The topological polar surface area (TPSA) is 115 Å². The Hall–Kier alpha value is -1.17. The number of rotatable bonds is 6. The van der Waals surface area contributed by atoms with Gasteiger partial charge in [-0.2, -0.15) is 0 Å². The number of sulfonamides is 1. The van der Waals surface area contributed by atoms with Gasteiger partial charge in [-0.1, -0.05) is 15.9 Å². The third kappa shape index (κ3) is 4.40. The second-order valence-corrected chi connectivity index (χ2v) is 6.81. The first kappa shape index (κ1) is 17.9. The van der Waals surface area contributed by atoms with E-state index in [0.717, 1.165) is 12.1 Å². The van der Waals surface area contributed by atoms with Gasteiger partial charge in [0.2, 0.25) is 10.0 Å². The zero-order valence-corrected chi connectivity index (χ0v) is 13.2. The average Bonchev–Trinajstić information content (AvgIpc) is 2.39. The first-order chi connectivity index (χ1) is 9.50. The number of nitrogens with two attached hydrogens (primary N) is 1. The Kier molecular flexibility index (Phi) is 5.36. The molecule has 0 bridgehead atoms. The van der Waals surface area contributed by atoms with Crippen molar-refractivity contribution >= 4 is 31.6 Å². The van der Waals surface area contributed by atoms with Gasteiger partial charge in [0.1, 0.15) is 0 Å². The maximum atomic E-state index is 13.0. The molecule has 0 saturated carbocycles. The molecule has 7 nitrogen and oxygen atoms in total. The monoisotopic (exact) mass is 387 g/mol. The van der Waals surface area contributed by atoms with E-state index in [9.17, 15) is 27.3 Å². The lowest BCUT2D eigenvalue weighted by molar-refractivity contribution is -0.385. The van der Waals surface area contributed by atoms with Crippen LogP contribution in [0.25, 0.3) is 0 Å². The van der Waals surface area contributed by atoms with Gasteiger partial charge in [0.25, 0.3) is 11.6 Å². The Bertz CT molecular complexity index is 667. The van der Waals surface area contributed by atoms with E-state index in [1.807, 2.05) is 0 Å². The minimum absolute atomic E-state index is 0.183. The lowest BCUT2D eigenvalue weighted by atomic mass is 10.2. The van der Waals surface area contributed by atoms with Crippen LogP contribution in [-0.2, 0) is 10.0 Å². The van der Waals surface area contributed by atoms with Crippen LogP contribution in [0.4, 0.5) is 14.5 Å². The fourth-order valence-electron chi connectivity index (χ4n) is 1.34. The number of nitro groups is 1. The number of halogens is 3. The zero-order valence-electron chi connectivity index (χ0n) is 10.8. The van der Waals surface area contributed by atoms with Gasteiger partial charge in [0.15, 0.2) is 0 Å². The molecule has 0 saturated heterocycles. The van der Waals surface area contributed by atoms with Crippen molar-refractivity contribution in [3.8, 4) is 0 Å². The summed E-state index contributed by atoms with van der Waals surface area (Å²) in [6.07, 6.45) is 0.